The average Bonchev–Trinajstić information content (AvgIpc) is 2.71. The fourth-order valence-corrected chi connectivity index (χ4v) is 4.69. The third kappa shape index (κ3) is 3.44. The maximum absolute atomic E-state index is 12.4. The minimum atomic E-state index is -0.688. The van der Waals surface area contributed by atoms with Crippen molar-refractivity contribution < 1.29 is 23.9 Å². The van der Waals surface area contributed by atoms with E-state index in [0.717, 1.165) is 5.57 Å². The van der Waals surface area contributed by atoms with Crippen molar-refractivity contribution in [1.82, 2.24) is 4.90 Å². The van der Waals surface area contributed by atoms with E-state index in [2.05, 4.69) is 0 Å². The number of nitrogens with zero attached hydrogens (tertiary/aromatic N) is 1. The van der Waals surface area contributed by atoms with Crippen LogP contribution in [0.2, 0.25) is 0 Å². The van der Waals surface area contributed by atoms with Gasteiger partial charge in [0.05, 0.1) is 11.0 Å². The highest BCUT2D eigenvalue weighted by Gasteiger charge is 2.61. The van der Waals surface area contributed by atoms with E-state index in [9.17, 15) is 14.4 Å². The Morgan fingerprint density at radius 1 is 1.33 bits per heavy atom. The molecule has 0 aliphatic carbocycles. The predicted octanol–water partition coefficient (Wildman–Crippen LogP) is 2.39. The Bertz CT molecular complexity index is 594. The largest absolute Gasteiger partial charge is 0.427 e. The van der Waals surface area contributed by atoms with E-state index >= 15 is 0 Å². The van der Waals surface area contributed by atoms with Gasteiger partial charge in [-0.3, -0.25) is 9.59 Å². The van der Waals surface area contributed by atoms with E-state index in [4.69, 9.17) is 9.47 Å². The number of rotatable bonds is 4. The molecule has 2 aliphatic rings. The minimum Gasteiger partial charge on any atom is -0.427 e. The fraction of sp³-hybridized carbons (Fsp3) is 0.688. The maximum atomic E-state index is 12.4. The van der Waals surface area contributed by atoms with Crippen molar-refractivity contribution in [3.05, 3.63) is 11.0 Å². The lowest BCUT2D eigenvalue weighted by Crippen LogP contribution is -2.58. The summed E-state index contributed by atoms with van der Waals surface area (Å²) in [6, 6.07) is -0.688. The molecule has 0 saturated carbocycles. The van der Waals surface area contributed by atoms with Crippen LogP contribution in [0.3, 0.4) is 0 Å². The molecule has 2 aliphatic heterocycles. The molecule has 1 amide bonds. The lowest BCUT2D eigenvalue weighted by Gasteiger charge is -2.39. The molecule has 0 N–H and O–H groups in total. The van der Waals surface area contributed by atoms with Crippen LogP contribution in [-0.2, 0) is 23.9 Å². The molecule has 2 heterocycles. The molecular formula is C16H23NO5S2. The van der Waals surface area contributed by atoms with E-state index in [1.165, 1.54) is 11.8 Å². The van der Waals surface area contributed by atoms with Crippen molar-refractivity contribution in [3.8, 4) is 0 Å². The second-order valence-electron chi connectivity index (χ2n) is 7.26. The molecule has 0 aromatic rings. The molecule has 0 aromatic carbocycles. The van der Waals surface area contributed by atoms with Crippen molar-refractivity contribution in [2.75, 3.05) is 13.0 Å². The molecular weight excluding hydrogens is 350 g/mol. The number of carbonyl (C=O) groups excluding carboxylic acids is 3. The summed E-state index contributed by atoms with van der Waals surface area (Å²) in [5.74, 6) is -1.13. The van der Waals surface area contributed by atoms with Gasteiger partial charge < -0.3 is 14.4 Å². The second-order valence-corrected chi connectivity index (χ2v) is 9.70. The topological polar surface area (TPSA) is 72.9 Å². The van der Waals surface area contributed by atoms with Gasteiger partial charge in [-0.1, -0.05) is 0 Å². The molecule has 2 fully saturated rings. The maximum Gasteiger partial charge on any atom is 0.333 e. The van der Waals surface area contributed by atoms with Crippen molar-refractivity contribution in [2.45, 2.75) is 50.8 Å². The Morgan fingerprint density at radius 3 is 2.50 bits per heavy atom. The summed E-state index contributed by atoms with van der Waals surface area (Å²) >= 11 is 3.04. The van der Waals surface area contributed by atoms with Crippen LogP contribution in [0.25, 0.3) is 0 Å². The van der Waals surface area contributed by atoms with Crippen LogP contribution >= 0.6 is 23.5 Å². The highest BCUT2D eigenvalue weighted by atomic mass is 32.2. The number of amides is 1. The second kappa shape index (κ2) is 6.63. The molecule has 134 valence electrons. The van der Waals surface area contributed by atoms with Gasteiger partial charge in [-0.05, 0) is 46.3 Å². The standard InChI is InChI=1S/C16H23NO5S2/c1-15(2,3)14(20)22-8-21-13(19)10-16(4,5)24-12-9(7-23-6)11(18)17(10)12/h7,10,12H,8H2,1-6H3/b9-7+/t10-,12+/m0/s1. The molecule has 2 atom stereocenters. The molecule has 2 rings (SSSR count). The van der Waals surface area contributed by atoms with E-state index in [-0.39, 0.29) is 11.3 Å². The number of thioether (sulfide) groups is 2. The lowest BCUT2D eigenvalue weighted by atomic mass is 9.96. The zero-order valence-corrected chi connectivity index (χ0v) is 16.4. The third-order valence-corrected chi connectivity index (χ3v) is 5.85. The molecule has 24 heavy (non-hydrogen) atoms. The van der Waals surface area contributed by atoms with Crippen LogP contribution in [0.5, 0.6) is 0 Å². The monoisotopic (exact) mass is 373 g/mol. The van der Waals surface area contributed by atoms with Gasteiger partial charge in [0.25, 0.3) is 5.91 Å². The number of carbonyl (C=O) groups is 3. The normalized spacial score (nSPS) is 26.8. The summed E-state index contributed by atoms with van der Waals surface area (Å²) in [6.45, 7) is 8.54. The van der Waals surface area contributed by atoms with Gasteiger partial charge in [0.2, 0.25) is 6.79 Å². The third-order valence-electron chi connectivity index (χ3n) is 3.82. The van der Waals surface area contributed by atoms with Gasteiger partial charge in [-0.25, -0.2) is 4.79 Å². The Balaban J connectivity index is 2.00. The first-order valence-electron chi connectivity index (χ1n) is 7.58. The lowest BCUT2D eigenvalue weighted by molar-refractivity contribution is -0.178. The molecule has 0 unspecified atom stereocenters. The van der Waals surface area contributed by atoms with Gasteiger partial charge in [-0.2, -0.15) is 0 Å². The molecule has 0 radical (unpaired) electrons. The van der Waals surface area contributed by atoms with Gasteiger partial charge in [0.1, 0.15) is 11.4 Å². The molecule has 6 nitrogen and oxygen atoms in total. The van der Waals surface area contributed by atoms with Crippen LogP contribution in [-0.4, -0.2) is 52.0 Å². The SMILES string of the molecule is CS/C=C1\C(=O)N2[C@@H]1SC(C)(C)[C@@H]2C(=O)OCOC(=O)C(C)(C)C. The Labute approximate surface area is 150 Å². The summed E-state index contributed by atoms with van der Waals surface area (Å²) in [5.41, 5.74) is 0.0559. The first-order chi connectivity index (χ1) is 11.0. The Kier molecular flexibility index (Phi) is 5.30. The molecule has 0 spiro atoms. The highest BCUT2D eigenvalue weighted by Crippen LogP contribution is 2.53. The van der Waals surface area contributed by atoms with Crippen LogP contribution < -0.4 is 0 Å². The number of ether oxygens (including phenoxy) is 2. The van der Waals surface area contributed by atoms with Crippen LogP contribution in [0.15, 0.2) is 11.0 Å². The van der Waals surface area contributed by atoms with Gasteiger partial charge in [0.15, 0.2) is 0 Å². The summed E-state index contributed by atoms with van der Waals surface area (Å²) < 4.78 is 9.60. The van der Waals surface area contributed by atoms with Crippen LogP contribution in [0.1, 0.15) is 34.6 Å². The number of hydrogen-bond donors (Lipinski definition) is 0. The van der Waals surface area contributed by atoms with E-state index in [1.807, 2.05) is 25.5 Å². The summed E-state index contributed by atoms with van der Waals surface area (Å²) in [6.07, 6.45) is 1.89. The van der Waals surface area contributed by atoms with Gasteiger partial charge >= 0.3 is 11.9 Å². The summed E-state index contributed by atoms with van der Waals surface area (Å²) in [5, 5.41) is 1.71. The molecule has 0 aromatic heterocycles. The summed E-state index contributed by atoms with van der Waals surface area (Å²) in [7, 11) is 0. The molecule has 0 bridgehead atoms. The quantitative estimate of drug-likeness (QED) is 0.324. The zero-order valence-electron chi connectivity index (χ0n) is 14.7. The average molecular weight is 373 g/mol. The van der Waals surface area contributed by atoms with Crippen molar-refractivity contribution in [3.63, 3.8) is 0 Å². The Morgan fingerprint density at radius 2 is 1.96 bits per heavy atom. The first kappa shape index (κ1) is 19.2. The number of hydrogen-bond acceptors (Lipinski definition) is 7. The zero-order chi connectivity index (χ0) is 18.3. The van der Waals surface area contributed by atoms with Crippen LogP contribution in [0, 0.1) is 5.41 Å². The van der Waals surface area contributed by atoms with E-state index in [1.54, 1.807) is 37.4 Å². The van der Waals surface area contributed by atoms with Crippen molar-refractivity contribution in [2.24, 2.45) is 5.41 Å². The summed E-state index contributed by atoms with van der Waals surface area (Å²) in [4.78, 5) is 38.0. The minimum absolute atomic E-state index is 0.116. The van der Waals surface area contributed by atoms with Crippen molar-refractivity contribution >= 4 is 41.4 Å². The smallest absolute Gasteiger partial charge is 0.333 e. The number of fused-ring (bicyclic) bond motifs is 1. The van der Waals surface area contributed by atoms with Gasteiger partial charge in [-0.15, -0.1) is 23.5 Å². The Hall–Kier alpha value is -1.15. The van der Waals surface area contributed by atoms with Gasteiger partial charge in [0, 0.05) is 4.75 Å². The highest BCUT2D eigenvalue weighted by molar-refractivity contribution is 8.02. The van der Waals surface area contributed by atoms with Crippen LogP contribution in [0.4, 0.5) is 0 Å². The van der Waals surface area contributed by atoms with E-state index in [0.29, 0.717) is 0 Å². The number of esters is 2. The fourth-order valence-electron chi connectivity index (χ4n) is 2.57. The predicted molar refractivity (Wildman–Crippen MR) is 94.2 cm³/mol. The molecule has 2 saturated heterocycles. The molecule has 8 heteroatoms. The first-order valence-corrected chi connectivity index (χ1v) is 9.74. The van der Waals surface area contributed by atoms with Crippen molar-refractivity contribution in [1.29, 1.82) is 0 Å². The van der Waals surface area contributed by atoms with E-state index < -0.39 is 34.9 Å². The number of β-lactam (4-membered cyclic amide) rings is 1.